The number of hydrogen-bond acceptors (Lipinski definition) is 3. The fraction of sp³-hybridized carbons (Fsp3) is 0.480. The fourth-order valence-electron chi connectivity index (χ4n) is 4.91. The van der Waals surface area contributed by atoms with E-state index in [1.807, 2.05) is 48.5 Å². The number of ketones is 1. The zero-order valence-corrected chi connectivity index (χ0v) is 16.4. The van der Waals surface area contributed by atoms with E-state index < -0.39 is 0 Å². The SMILES string of the molecule is O=C(c1ccc(C2CCC[C@H](O)C2)cc1)c1ccc(C2CCC[C@H](O)C2)cc1. The van der Waals surface area contributed by atoms with Gasteiger partial charge in [0.05, 0.1) is 12.2 Å². The lowest BCUT2D eigenvalue weighted by atomic mass is 9.82. The van der Waals surface area contributed by atoms with Gasteiger partial charge in [0.2, 0.25) is 0 Å². The third-order valence-corrected chi connectivity index (χ3v) is 6.58. The average Bonchev–Trinajstić information content (AvgIpc) is 2.73. The highest BCUT2D eigenvalue weighted by atomic mass is 16.3. The highest BCUT2D eigenvalue weighted by molar-refractivity contribution is 6.09. The molecular weight excluding hydrogens is 348 g/mol. The molecule has 2 N–H and O–H groups in total. The van der Waals surface area contributed by atoms with Gasteiger partial charge in [0.25, 0.3) is 0 Å². The molecule has 0 radical (unpaired) electrons. The Balaban J connectivity index is 1.44. The molecule has 0 bridgehead atoms. The standard InChI is InChI=1S/C25H30O3/c26-23-5-1-3-21(15-23)17-7-11-19(12-8-17)25(28)20-13-9-18(10-14-20)22-4-2-6-24(27)16-22/h7-14,21-24,26-27H,1-6,15-16H2/t21?,22?,23-,24-/m0/s1. The lowest BCUT2D eigenvalue weighted by Crippen LogP contribution is -2.18. The Bertz CT molecular complexity index is 726. The Hall–Kier alpha value is -1.97. The highest BCUT2D eigenvalue weighted by Gasteiger charge is 2.23. The molecule has 2 fully saturated rings. The molecule has 28 heavy (non-hydrogen) atoms. The van der Waals surface area contributed by atoms with Gasteiger partial charge in [0.1, 0.15) is 0 Å². The molecule has 0 aromatic heterocycles. The highest BCUT2D eigenvalue weighted by Crippen LogP contribution is 2.34. The molecule has 2 aromatic carbocycles. The first-order valence-electron chi connectivity index (χ1n) is 10.7. The van der Waals surface area contributed by atoms with Crippen molar-refractivity contribution in [3.05, 3.63) is 70.8 Å². The number of carbonyl (C=O) groups excluding carboxylic acids is 1. The van der Waals surface area contributed by atoms with E-state index in [4.69, 9.17) is 0 Å². The number of aliphatic hydroxyl groups excluding tert-OH is 2. The summed E-state index contributed by atoms with van der Waals surface area (Å²) >= 11 is 0. The molecule has 0 saturated heterocycles. The summed E-state index contributed by atoms with van der Waals surface area (Å²) in [5.41, 5.74) is 3.87. The van der Waals surface area contributed by atoms with Gasteiger partial charge < -0.3 is 10.2 Å². The molecular formula is C25H30O3. The van der Waals surface area contributed by atoms with Crippen molar-refractivity contribution in [1.29, 1.82) is 0 Å². The molecule has 0 aliphatic heterocycles. The van der Waals surface area contributed by atoms with E-state index in [-0.39, 0.29) is 18.0 Å². The van der Waals surface area contributed by atoms with Gasteiger partial charge in [-0.15, -0.1) is 0 Å². The second-order valence-electron chi connectivity index (χ2n) is 8.61. The number of carbonyl (C=O) groups is 1. The molecule has 4 rings (SSSR count). The van der Waals surface area contributed by atoms with Crippen molar-refractivity contribution in [2.45, 2.75) is 75.4 Å². The van der Waals surface area contributed by atoms with Gasteiger partial charge in [0, 0.05) is 11.1 Å². The van der Waals surface area contributed by atoms with Crippen LogP contribution in [0.2, 0.25) is 0 Å². The molecule has 2 aliphatic carbocycles. The van der Waals surface area contributed by atoms with Crippen LogP contribution in [0.1, 0.15) is 90.3 Å². The van der Waals surface area contributed by atoms with Crippen molar-refractivity contribution in [3.63, 3.8) is 0 Å². The summed E-state index contributed by atoms with van der Waals surface area (Å²) < 4.78 is 0. The predicted molar refractivity (Wildman–Crippen MR) is 111 cm³/mol. The Morgan fingerprint density at radius 2 is 1.04 bits per heavy atom. The minimum atomic E-state index is -0.191. The summed E-state index contributed by atoms with van der Waals surface area (Å²) in [5.74, 6) is 0.849. The van der Waals surface area contributed by atoms with Crippen molar-refractivity contribution >= 4 is 5.78 Å². The van der Waals surface area contributed by atoms with Crippen LogP contribution in [0, 0.1) is 0 Å². The van der Waals surface area contributed by atoms with Crippen LogP contribution < -0.4 is 0 Å². The molecule has 148 valence electrons. The van der Waals surface area contributed by atoms with Crippen molar-refractivity contribution in [3.8, 4) is 0 Å². The molecule has 4 atom stereocenters. The molecule has 0 heterocycles. The Labute approximate surface area is 167 Å². The summed E-state index contributed by atoms with van der Waals surface area (Å²) in [5, 5.41) is 19.8. The lowest BCUT2D eigenvalue weighted by Gasteiger charge is -2.26. The van der Waals surface area contributed by atoms with Crippen LogP contribution in [0.3, 0.4) is 0 Å². The minimum Gasteiger partial charge on any atom is -0.393 e. The van der Waals surface area contributed by atoms with E-state index in [1.165, 1.54) is 11.1 Å². The van der Waals surface area contributed by atoms with E-state index >= 15 is 0 Å². The number of rotatable bonds is 4. The predicted octanol–water partition coefficient (Wildman–Crippen LogP) is 4.95. The smallest absolute Gasteiger partial charge is 0.193 e. The number of aliphatic hydroxyl groups is 2. The molecule has 2 saturated carbocycles. The maximum Gasteiger partial charge on any atom is 0.193 e. The quantitative estimate of drug-likeness (QED) is 0.740. The second kappa shape index (κ2) is 8.59. The largest absolute Gasteiger partial charge is 0.393 e. The minimum absolute atomic E-state index is 0.0467. The topological polar surface area (TPSA) is 57.5 Å². The van der Waals surface area contributed by atoms with Crippen molar-refractivity contribution < 1.29 is 15.0 Å². The third-order valence-electron chi connectivity index (χ3n) is 6.58. The lowest BCUT2D eigenvalue weighted by molar-refractivity contribution is 0.103. The van der Waals surface area contributed by atoms with Crippen LogP contribution in [0.25, 0.3) is 0 Å². The summed E-state index contributed by atoms with van der Waals surface area (Å²) in [6, 6.07) is 15.9. The first-order chi connectivity index (χ1) is 13.6. The molecule has 2 aliphatic rings. The first kappa shape index (κ1) is 19.4. The van der Waals surface area contributed by atoms with Crippen LogP contribution in [0.5, 0.6) is 0 Å². The van der Waals surface area contributed by atoms with Crippen molar-refractivity contribution in [1.82, 2.24) is 0 Å². The molecule has 0 spiro atoms. The summed E-state index contributed by atoms with van der Waals surface area (Å²) in [6.07, 6.45) is 7.44. The van der Waals surface area contributed by atoms with Gasteiger partial charge >= 0.3 is 0 Å². The van der Waals surface area contributed by atoms with Crippen LogP contribution >= 0.6 is 0 Å². The molecule has 3 nitrogen and oxygen atoms in total. The summed E-state index contributed by atoms with van der Waals surface area (Å²) in [6.45, 7) is 0. The molecule has 3 heteroatoms. The zero-order chi connectivity index (χ0) is 19.5. The van der Waals surface area contributed by atoms with Gasteiger partial charge in [-0.2, -0.15) is 0 Å². The second-order valence-corrected chi connectivity index (χ2v) is 8.61. The normalized spacial score (nSPS) is 28.1. The Kier molecular flexibility index (Phi) is 5.93. The Morgan fingerprint density at radius 3 is 1.39 bits per heavy atom. The van der Waals surface area contributed by atoms with Crippen LogP contribution in [0.4, 0.5) is 0 Å². The van der Waals surface area contributed by atoms with E-state index in [2.05, 4.69) is 0 Å². The molecule has 2 aromatic rings. The average molecular weight is 379 g/mol. The van der Waals surface area contributed by atoms with Crippen molar-refractivity contribution in [2.75, 3.05) is 0 Å². The van der Waals surface area contributed by atoms with Crippen LogP contribution in [-0.2, 0) is 0 Å². The van der Waals surface area contributed by atoms with Gasteiger partial charge in [0.15, 0.2) is 5.78 Å². The third kappa shape index (κ3) is 4.37. The molecule has 0 amide bonds. The van der Waals surface area contributed by atoms with E-state index in [9.17, 15) is 15.0 Å². The van der Waals surface area contributed by atoms with Gasteiger partial charge in [-0.25, -0.2) is 0 Å². The fourth-order valence-corrected chi connectivity index (χ4v) is 4.91. The van der Waals surface area contributed by atoms with Crippen molar-refractivity contribution in [2.24, 2.45) is 0 Å². The van der Waals surface area contributed by atoms with E-state index in [0.717, 1.165) is 51.4 Å². The summed E-state index contributed by atoms with van der Waals surface area (Å²) in [7, 11) is 0. The van der Waals surface area contributed by atoms with Gasteiger partial charge in [-0.05, 0) is 61.5 Å². The van der Waals surface area contributed by atoms with Crippen LogP contribution in [0.15, 0.2) is 48.5 Å². The summed E-state index contributed by atoms with van der Waals surface area (Å²) in [4.78, 5) is 12.8. The van der Waals surface area contributed by atoms with E-state index in [1.54, 1.807) is 0 Å². The number of hydrogen-bond donors (Lipinski definition) is 2. The number of benzene rings is 2. The van der Waals surface area contributed by atoms with Crippen LogP contribution in [-0.4, -0.2) is 28.2 Å². The zero-order valence-electron chi connectivity index (χ0n) is 16.4. The monoisotopic (exact) mass is 378 g/mol. The Morgan fingerprint density at radius 1 is 0.643 bits per heavy atom. The maximum absolute atomic E-state index is 12.8. The first-order valence-corrected chi connectivity index (χ1v) is 10.7. The van der Waals surface area contributed by atoms with Gasteiger partial charge in [-0.3, -0.25) is 4.79 Å². The maximum atomic E-state index is 12.8. The van der Waals surface area contributed by atoms with Gasteiger partial charge in [-0.1, -0.05) is 61.4 Å². The molecule has 2 unspecified atom stereocenters. The van der Waals surface area contributed by atoms with E-state index in [0.29, 0.717) is 23.0 Å².